The molecule has 6 atom stereocenters. The molecule has 16 heterocycles. The Morgan fingerprint density at radius 1 is 0.236 bits per heavy atom. The summed E-state index contributed by atoms with van der Waals surface area (Å²) in [5, 5.41) is 0. The largest absolute Gasteiger partial charge is 0.463 e. The minimum Gasteiger partial charge on any atom is -0.463 e. The SMILES string of the molecule is CC(=O)OC(C)OC(=O)c1cc2occc2[nH]1.CC(=O)OC(OC(=O)c1cc2occc2[nH]1)C(C)C.CC(=O)OCOC(=O)c1cc2occc2[nH]1.CCC(=O)OC(C)OC(=O)c1cc2occc2[nH]1.CCC(=O)OC(CC)OC(=O)c1cc2occc2[nH]1.CCC(=O)OC(OC(=O)c1cc2occc2[nH]1)C(C)C.CCC(=O)OCOC(=O)c1cc2occc2[nH]1.CCC(OC(C)=O)OC(=O)c1cc2occc2[nH]1. The predicted molar refractivity (Wildman–Crippen MR) is 495 cm³/mol. The lowest BCUT2D eigenvalue weighted by Crippen LogP contribution is -2.29. The molecular weight excluding hydrogens is 1910 g/mol. The van der Waals surface area contributed by atoms with Gasteiger partial charge in [-0.25, -0.2) is 38.4 Å². The molecule has 0 amide bonds. The van der Waals surface area contributed by atoms with Gasteiger partial charge in [0.25, 0.3) is 0 Å². The van der Waals surface area contributed by atoms with Crippen LogP contribution in [-0.2, 0) is 114 Å². The van der Waals surface area contributed by atoms with Gasteiger partial charge in [-0.1, -0.05) is 69.2 Å². The van der Waals surface area contributed by atoms with E-state index in [4.69, 9.17) is 92.2 Å². The zero-order valence-electron chi connectivity index (χ0n) is 80.5. The van der Waals surface area contributed by atoms with Crippen LogP contribution < -0.4 is 0 Å². The van der Waals surface area contributed by atoms with Crippen LogP contribution in [0.1, 0.15) is 233 Å². The first-order chi connectivity index (χ1) is 68.7. The fraction of sp³-hybridized carbons (Fsp3) is 0.333. The summed E-state index contributed by atoms with van der Waals surface area (Å²) in [6.07, 6.45) is 8.49. The Morgan fingerprint density at radius 2 is 0.465 bits per heavy atom. The van der Waals surface area contributed by atoms with Crippen molar-refractivity contribution in [2.45, 2.75) is 187 Å². The molecular formula is C96H104N8O40. The molecule has 0 aliphatic carbocycles. The number of fused-ring (bicyclic) bond motifs is 8. The Morgan fingerprint density at radius 3 is 0.715 bits per heavy atom. The number of aromatic amines is 8. The fourth-order valence-corrected chi connectivity index (χ4v) is 11.7. The number of carbonyl (C=O) groups is 16. The molecule has 48 nitrogen and oxygen atoms in total. The van der Waals surface area contributed by atoms with Crippen LogP contribution in [0.3, 0.4) is 0 Å². The average molecular weight is 2010 g/mol. The molecule has 6 unspecified atom stereocenters. The van der Waals surface area contributed by atoms with E-state index in [0.29, 0.717) is 102 Å². The zero-order valence-corrected chi connectivity index (χ0v) is 80.5. The Balaban J connectivity index is 0.000000183. The van der Waals surface area contributed by atoms with Crippen LogP contribution in [0.25, 0.3) is 88.8 Å². The summed E-state index contributed by atoms with van der Waals surface area (Å²) in [5.74, 6) is -8.67. The minimum absolute atomic E-state index is 0.132. The summed E-state index contributed by atoms with van der Waals surface area (Å²) in [6, 6.07) is 25.9. The van der Waals surface area contributed by atoms with Crippen LogP contribution in [0, 0.1) is 11.8 Å². The Hall–Kier alpha value is -17.9. The number of hydrogen-bond acceptors (Lipinski definition) is 40. The number of ether oxygens (including phenoxy) is 16. The number of rotatable bonds is 32. The van der Waals surface area contributed by atoms with E-state index in [2.05, 4.69) is 58.8 Å². The summed E-state index contributed by atoms with van der Waals surface area (Å²) in [7, 11) is 0. The Bertz CT molecular complexity index is 6780. The highest BCUT2D eigenvalue weighted by Gasteiger charge is 2.29. The standard InChI is InChI=1S/C14H17NO5.2C13H15NO5.2C12H13NO5.2C11H11NO5.C10H9NO5/c1-4-12(16)19-14(8(2)3)20-13(17)10-7-11-9(15-10)5-6-18-11;1-7(2)13(18-8(3)15)19-12(16)10-6-11-9(14-10)4-5-17-11;1-3-11(15)18-12(4-2)19-13(16)9-7-10-8(14-9)5-6-17-10;1-3-11(14)17-7(2)18-12(15)9-6-10-8(13-9)4-5-16-10;1-3-11(17-7(2)14)18-12(15)9-6-10-8(13-9)4-5-16-10;1-6(13)16-7(2)17-11(14)9-5-10-8(12-9)3-4-15-10;1-2-10(13)16-6-17-11(14)8-5-9-7(12-8)3-4-15-9;1-6(12)15-5-16-10(13)8-4-9-7(11-8)2-3-14-9/h5-8,14-15H,4H2,1-3H3;4-7,13-14H,1-3H3;5-7,12,14H,3-4H2,1-2H3;4-7,13H,3H2,1-2H3;4-6,11,13H,3H2,1-2H3;3-5,7,12H,1-2H3;3-5,12H,2,6H2,1H3;2-4,11H,5H2,1H3. The topological polar surface area (TPSA) is 652 Å². The van der Waals surface area contributed by atoms with Crippen molar-refractivity contribution in [3.8, 4) is 0 Å². The van der Waals surface area contributed by atoms with Crippen molar-refractivity contribution in [2.75, 3.05) is 13.6 Å². The highest BCUT2D eigenvalue weighted by atomic mass is 16.8. The molecule has 0 aliphatic heterocycles. The van der Waals surface area contributed by atoms with E-state index >= 15 is 0 Å². The maximum absolute atomic E-state index is 12.0. The highest BCUT2D eigenvalue weighted by Crippen LogP contribution is 2.27. The molecule has 16 rings (SSSR count). The van der Waals surface area contributed by atoms with Gasteiger partial charge in [0.2, 0.25) is 51.3 Å². The maximum Gasteiger partial charge on any atom is 0.357 e. The van der Waals surface area contributed by atoms with Gasteiger partial charge in [0, 0.05) is 189 Å². The second-order valence-corrected chi connectivity index (χ2v) is 30.5. The molecule has 0 aromatic carbocycles. The molecule has 48 heteroatoms. The van der Waals surface area contributed by atoms with Crippen molar-refractivity contribution < 1.29 is 188 Å². The normalized spacial score (nSPS) is 12.0. The lowest BCUT2D eigenvalue weighted by molar-refractivity contribution is -0.176. The van der Waals surface area contributed by atoms with Crippen LogP contribution in [0.4, 0.5) is 0 Å². The molecule has 0 bridgehead atoms. The van der Waals surface area contributed by atoms with E-state index in [1.807, 2.05) is 0 Å². The number of esters is 16. The van der Waals surface area contributed by atoms with E-state index in [1.54, 1.807) is 136 Å². The third kappa shape index (κ3) is 33.2. The minimum atomic E-state index is -0.922. The summed E-state index contributed by atoms with van der Waals surface area (Å²) in [4.78, 5) is 204. The number of aromatic nitrogens is 8. The van der Waals surface area contributed by atoms with E-state index in [9.17, 15) is 76.7 Å². The van der Waals surface area contributed by atoms with Gasteiger partial charge >= 0.3 is 95.5 Å². The molecule has 0 radical (unpaired) electrons. The molecule has 768 valence electrons. The van der Waals surface area contributed by atoms with Gasteiger partial charge in [-0.05, 0) is 0 Å². The number of furan rings is 8. The van der Waals surface area contributed by atoms with Gasteiger partial charge in [-0.2, -0.15) is 0 Å². The van der Waals surface area contributed by atoms with Crippen molar-refractivity contribution in [1.82, 2.24) is 39.9 Å². The second-order valence-electron chi connectivity index (χ2n) is 30.5. The second kappa shape index (κ2) is 53.3. The number of nitrogens with one attached hydrogen (secondary N) is 8. The summed E-state index contributed by atoms with van der Waals surface area (Å²) < 4.78 is 119. The van der Waals surface area contributed by atoms with Crippen LogP contribution in [-0.4, -0.2) is 187 Å². The summed E-state index contributed by atoms with van der Waals surface area (Å²) in [5.41, 5.74) is 12.3. The number of hydrogen-bond donors (Lipinski definition) is 8. The molecule has 144 heavy (non-hydrogen) atoms. The maximum atomic E-state index is 12.0. The highest BCUT2D eigenvalue weighted by molar-refractivity contribution is 5.99. The molecule has 16 aromatic rings. The van der Waals surface area contributed by atoms with E-state index < -0.39 is 140 Å². The molecule has 0 saturated heterocycles. The first-order valence-electron chi connectivity index (χ1n) is 44.2. The summed E-state index contributed by atoms with van der Waals surface area (Å²) in [6.45, 7) is 24.6. The van der Waals surface area contributed by atoms with Crippen molar-refractivity contribution in [1.29, 1.82) is 0 Å². The smallest absolute Gasteiger partial charge is 0.357 e. The fourth-order valence-electron chi connectivity index (χ4n) is 11.7. The van der Waals surface area contributed by atoms with Crippen LogP contribution >= 0.6 is 0 Å². The van der Waals surface area contributed by atoms with Crippen molar-refractivity contribution in [3.63, 3.8) is 0 Å². The number of H-pyrrole nitrogens is 8. The third-order valence-corrected chi connectivity index (χ3v) is 18.6. The molecule has 0 spiro atoms. The van der Waals surface area contributed by atoms with E-state index in [0.717, 1.165) is 0 Å². The van der Waals surface area contributed by atoms with Gasteiger partial charge in [0.15, 0.2) is 44.7 Å². The van der Waals surface area contributed by atoms with Gasteiger partial charge in [-0.3, -0.25) is 38.4 Å². The van der Waals surface area contributed by atoms with Crippen molar-refractivity contribution in [3.05, 3.63) is 193 Å². The average Bonchev–Trinajstić information content (AvgIpc) is 1.71. The number of carbonyl (C=O) groups excluding carboxylic acids is 16. The lowest BCUT2D eigenvalue weighted by Gasteiger charge is -2.20. The third-order valence-electron chi connectivity index (χ3n) is 18.6. The van der Waals surface area contributed by atoms with Gasteiger partial charge < -0.3 is 151 Å². The molecule has 0 fully saturated rings. The van der Waals surface area contributed by atoms with Crippen LogP contribution in [0.5, 0.6) is 0 Å². The molecule has 0 saturated carbocycles. The molecule has 16 aromatic heterocycles. The monoisotopic (exact) mass is 2010 g/mol. The summed E-state index contributed by atoms with van der Waals surface area (Å²) >= 11 is 0. The first-order valence-corrected chi connectivity index (χ1v) is 44.2. The van der Waals surface area contributed by atoms with E-state index in [-0.39, 0.29) is 89.9 Å². The zero-order chi connectivity index (χ0) is 105. The predicted octanol–water partition coefficient (Wildman–Crippen LogP) is 17.5. The quantitative estimate of drug-likeness (QED) is 0.0110. The van der Waals surface area contributed by atoms with Crippen molar-refractivity contribution in [2.24, 2.45) is 11.8 Å². The Kier molecular flexibility index (Phi) is 40.6. The van der Waals surface area contributed by atoms with Crippen LogP contribution in [0.2, 0.25) is 0 Å². The molecule has 8 N–H and O–H groups in total. The van der Waals surface area contributed by atoms with Gasteiger partial charge in [-0.15, -0.1) is 0 Å². The van der Waals surface area contributed by atoms with Crippen LogP contribution in [0.15, 0.2) is 183 Å². The first kappa shape index (κ1) is 110. The molecule has 0 aliphatic rings. The van der Waals surface area contributed by atoms with Gasteiger partial charge in [0.05, 0.1) is 94.2 Å². The Labute approximate surface area is 813 Å². The lowest BCUT2D eigenvalue weighted by atomic mass is 10.2. The van der Waals surface area contributed by atoms with E-state index in [1.165, 1.54) is 122 Å². The van der Waals surface area contributed by atoms with Crippen molar-refractivity contribution >= 4 is 184 Å². The van der Waals surface area contributed by atoms with Gasteiger partial charge in [0.1, 0.15) is 45.6 Å².